The van der Waals surface area contributed by atoms with Gasteiger partial charge in [0.05, 0.1) is 37.5 Å². The van der Waals surface area contributed by atoms with Crippen molar-refractivity contribution >= 4 is 28.8 Å². The third kappa shape index (κ3) is 8.76. The van der Waals surface area contributed by atoms with Gasteiger partial charge >= 0.3 is 0 Å². The Labute approximate surface area is 280 Å². The third-order valence-electron chi connectivity index (χ3n) is 9.55. The Kier molecular flexibility index (Phi) is 12.5. The molecule has 1 aliphatic carbocycles. The summed E-state index contributed by atoms with van der Waals surface area (Å²) >= 11 is 0. The molecule has 1 N–H and O–H groups in total. The monoisotopic (exact) mass is 667 g/mol. The maximum atomic E-state index is 14.3. The molecule has 0 bridgehead atoms. The highest BCUT2D eigenvalue weighted by molar-refractivity contribution is 5.95. The molecule has 1 saturated carbocycles. The van der Waals surface area contributed by atoms with Crippen molar-refractivity contribution in [2.45, 2.75) is 71.6 Å². The lowest BCUT2D eigenvalue weighted by Gasteiger charge is -2.39. The number of carbonyl (C=O) groups is 3. The maximum Gasteiger partial charge on any atom is 0.290 e. The van der Waals surface area contributed by atoms with Crippen LogP contribution < -0.4 is 5.32 Å². The van der Waals surface area contributed by atoms with Crippen LogP contribution in [0.1, 0.15) is 68.6 Å². The molecule has 3 aromatic rings. The standard InChI is InChI=1S/C36H47F2N5O5/c1-3-25(2)34(44)40-32(27-12-8-5-9-13-27)35(45)41-14-16-42(17-15-41)36(46)33-39-30-22-28(37)29(38)23-31(30)43(33)18-19-47-20-21-48-24-26-10-6-4-7-11-26/h4,6-7,10-11,22-23,25,27,32H,3,5,8-9,12-21,24H2,1-2H3,(H,40,44)/t25-,32+/m1/s1. The summed E-state index contributed by atoms with van der Waals surface area (Å²) < 4.78 is 41.4. The lowest BCUT2D eigenvalue weighted by molar-refractivity contribution is -0.140. The maximum absolute atomic E-state index is 14.3. The first-order valence-electron chi connectivity index (χ1n) is 17.2. The van der Waals surface area contributed by atoms with Crippen molar-refractivity contribution in [3.63, 3.8) is 0 Å². The number of amides is 3. The van der Waals surface area contributed by atoms with Crippen molar-refractivity contribution in [2.24, 2.45) is 11.8 Å². The molecule has 2 aromatic carbocycles. The second-order valence-corrected chi connectivity index (χ2v) is 12.8. The molecule has 260 valence electrons. The zero-order chi connectivity index (χ0) is 34.0. The molecular weight excluding hydrogens is 620 g/mol. The summed E-state index contributed by atoms with van der Waals surface area (Å²) in [6.07, 6.45) is 5.71. The molecule has 0 unspecified atom stereocenters. The van der Waals surface area contributed by atoms with Gasteiger partial charge in [-0.1, -0.05) is 63.4 Å². The van der Waals surface area contributed by atoms with E-state index in [1.54, 1.807) is 14.4 Å². The van der Waals surface area contributed by atoms with E-state index in [1.807, 2.05) is 44.2 Å². The molecular formula is C36H47F2N5O5. The minimum atomic E-state index is -1.04. The number of halogens is 2. The predicted molar refractivity (Wildman–Crippen MR) is 177 cm³/mol. The van der Waals surface area contributed by atoms with Crippen LogP contribution in [0.25, 0.3) is 11.0 Å². The second-order valence-electron chi connectivity index (χ2n) is 12.8. The molecule has 1 aromatic heterocycles. The zero-order valence-corrected chi connectivity index (χ0v) is 28.0. The van der Waals surface area contributed by atoms with E-state index in [9.17, 15) is 23.2 Å². The first-order valence-corrected chi connectivity index (χ1v) is 17.2. The first-order chi connectivity index (χ1) is 23.3. The van der Waals surface area contributed by atoms with Gasteiger partial charge in [0.15, 0.2) is 17.5 Å². The van der Waals surface area contributed by atoms with Crippen LogP contribution in [-0.4, -0.2) is 89.1 Å². The minimum Gasteiger partial charge on any atom is -0.377 e. The topological polar surface area (TPSA) is 106 Å². The van der Waals surface area contributed by atoms with E-state index in [-0.39, 0.29) is 67.1 Å². The summed E-state index contributed by atoms with van der Waals surface area (Å²) in [5.41, 5.74) is 1.52. The third-order valence-corrected chi connectivity index (χ3v) is 9.55. The van der Waals surface area contributed by atoms with Gasteiger partial charge in [-0.3, -0.25) is 14.4 Å². The molecule has 0 radical (unpaired) electrons. The predicted octanol–water partition coefficient (Wildman–Crippen LogP) is 4.94. The average Bonchev–Trinajstić information content (AvgIpc) is 3.46. The van der Waals surface area contributed by atoms with Crippen LogP contribution in [0.15, 0.2) is 42.5 Å². The number of benzene rings is 2. The van der Waals surface area contributed by atoms with Gasteiger partial charge in [-0.05, 0) is 30.7 Å². The smallest absolute Gasteiger partial charge is 0.290 e. The SMILES string of the molecule is CC[C@@H](C)C(=O)N[C@H](C(=O)N1CCN(C(=O)c2nc3cc(F)c(F)cc3n2CCOCCOCc2ccccc2)CC1)C1CCCCC1. The highest BCUT2D eigenvalue weighted by atomic mass is 19.2. The van der Waals surface area contributed by atoms with Crippen molar-refractivity contribution in [1.29, 1.82) is 0 Å². The van der Waals surface area contributed by atoms with E-state index in [4.69, 9.17) is 9.47 Å². The number of hydrogen-bond acceptors (Lipinski definition) is 6. The number of aromatic nitrogens is 2. The van der Waals surface area contributed by atoms with E-state index in [0.717, 1.165) is 49.8 Å². The molecule has 0 spiro atoms. The van der Waals surface area contributed by atoms with Gasteiger partial charge < -0.3 is 29.2 Å². The first kappa shape index (κ1) is 35.4. The number of carbonyl (C=O) groups excluding carboxylic acids is 3. The molecule has 5 rings (SSSR count). The Morgan fingerprint density at radius 3 is 2.29 bits per heavy atom. The number of fused-ring (bicyclic) bond motifs is 1. The second kappa shape index (κ2) is 17.0. The van der Waals surface area contributed by atoms with Crippen molar-refractivity contribution in [3.8, 4) is 0 Å². The number of ether oxygens (including phenoxy) is 2. The van der Waals surface area contributed by atoms with E-state index < -0.39 is 17.7 Å². The normalized spacial score (nSPS) is 17.0. The molecule has 3 amide bonds. The summed E-state index contributed by atoms with van der Waals surface area (Å²) in [6.45, 7) is 6.52. The quantitative estimate of drug-likeness (QED) is 0.244. The minimum absolute atomic E-state index is 0.0552. The zero-order valence-electron chi connectivity index (χ0n) is 28.0. The van der Waals surface area contributed by atoms with Crippen molar-refractivity contribution in [3.05, 3.63) is 65.5 Å². The van der Waals surface area contributed by atoms with E-state index in [2.05, 4.69) is 10.3 Å². The molecule has 1 saturated heterocycles. The summed E-state index contributed by atoms with van der Waals surface area (Å²) in [4.78, 5) is 48.2. The molecule has 2 aliphatic rings. The van der Waals surface area contributed by atoms with Gasteiger partial charge in [-0.25, -0.2) is 13.8 Å². The van der Waals surface area contributed by atoms with Gasteiger partial charge in [0.1, 0.15) is 6.04 Å². The van der Waals surface area contributed by atoms with Crippen LogP contribution in [-0.2, 0) is 32.2 Å². The largest absolute Gasteiger partial charge is 0.377 e. The summed E-state index contributed by atoms with van der Waals surface area (Å²) in [6, 6.07) is 11.3. The number of piperazine rings is 1. The number of hydrogen-bond donors (Lipinski definition) is 1. The van der Waals surface area contributed by atoms with Gasteiger partial charge in [-0.15, -0.1) is 0 Å². The van der Waals surface area contributed by atoms with Crippen LogP contribution in [0.3, 0.4) is 0 Å². The van der Waals surface area contributed by atoms with Gasteiger partial charge in [-0.2, -0.15) is 0 Å². The lowest BCUT2D eigenvalue weighted by Crippen LogP contribution is -2.58. The van der Waals surface area contributed by atoms with Gasteiger partial charge in [0.2, 0.25) is 11.8 Å². The van der Waals surface area contributed by atoms with Crippen LogP contribution >= 0.6 is 0 Å². The average molecular weight is 668 g/mol. The Bertz CT molecular complexity index is 1540. The van der Waals surface area contributed by atoms with E-state index in [0.29, 0.717) is 44.8 Å². The van der Waals surface area contributed by atoms with Crippen molar-refractivity contribution in [1.82, 2.24) is 24.7 Å². The number of nitrogens with zero attached hydrogens (tertiary/aromatic N) is 4. The fraction of sp³-hybridized carbons (Fsp3) is 0.556. The fourth-order valence-corrected chi connectivity index (χ4v) is 6.45. The van der Waals surface area contributed by atoms with Crippen molar-refractivity contribution in [2.75, 3.05) is 46.0 Å². The molecule has 2 heterocycles. The highest BCUT2D eigenvalue weighted by Crippen LogP contribution is 2.28. The van der Waals surface area contributed by atoms with Crippen LogP contribution in [0, 0.1) is 23.5 Å². The fourth-order valence-electron chi connectivity index (χ4n) is 6.45. The lowest BCUT2D eigenvalue weighted by atomic mass is 9.83. The molecule has 12 heteroatoms. The number of rotatable bonds is 14. The van der Waals surface area contributed by atoms with Crippen LogP contribution in [0.5, 0.6) is 0 Å². The Morgan fingerprint density at radius 2 is 1.58 bits per heavy atom. The Morgan fingerprint density at radius 1 is 0.917 bits per heavy atom. The summed E-state index contributed by atoms with van der Waals surface area (Å²) in [5, 5.41) is 3.06. The van der Waals surface area contributed by atoms with Gasteiger partial charge in [0.25, 0.3) is 5.91 Å². The van der Waals surface area contributed by atoms with Crippen LogP contribution in [0.2, 0.25) is 0 Å². The van der Waals surface area contributed by atoms with Crippen molar-refractivity contribution < 1.29 is 32.6 Å². The highest BCUT2D eigenvalue weighted by Gasteiger charge is 2.36. The van der Waals surface area contributed by atoms with Crippen LogP contribution in [0.4, 0.5) is 8.78 Å². The molecule has 2 fully saturated rings. The number of nitrogens with one attached hydrogen (secondary N) is 1. The Hall–Kier alpha value is -3.90. The summed E-state index contributed by atoms with van der Waals surface area (Å²) in [7, 11) is 0. The van der Waals surface area contributed by atoms with E-state index >= 15 is 0 Å². The summed E-state index contributed by atoms with van der Waals surface area (Å²) in [5.74, 6) is -2.70. The van der Waals surface area contributed by atoms with Gasteiger partial charge in [0, 0.05) is 50.8 Å². The molecule has 48 heavy (non-hydrogen) atoms. The molecule has 2 atom stereocenters. The molecule has 1 aliphatic heterocycles. The number of imidazole rings is 1. The Balaban J connectivity index is 1.21. The van der Waals surface area contributed by atoms with E-state index in [1.165, 1.54) is 0 Å². The molecule has 10 nitrogen and oxygen atoms in total.